The third-order valence-corrected chi connectivity index (χ3v) is 2.57. The topological polar surface area (TPSA) is 0 Å². The van der Waals surface area contributed by atoms with Gasteiger partial charge in [-0.15, -0.1) is 0 Å². The first kappa shape index (κ1) is 11.5. The van der Waals surface area contributed by atoms with Crippen LogP contribution in [-0.2, 0) is 0 Å². The normalized spacial score (nSPS) is 12.5. The molecule has 68 valence electrons. The highest BCUT2D eigenvalue weighted by Crippen LogP contribution is 2.28. The monoisotopic (exact) mass is 220 g/mol. The standard InChI is InChI=1S/C10H21Br/c1-9(2)5-6-10(3,4)7-8-11/h9H,5-8H2,1-4H3. The molecule has 0 saturated carbocycles. The van der Waals surface area contributed by atoms with Crippen molar-refractivity contribution in [2.45, 2.75) is 47.0 Å². The summed E-state index contributed by atoms with van der Waals surface area (Å²) in [5.41, 5.74) is 0.535. The highest BCUT2D eigenvalue weighted by Gasteiger charge is 2.16. The van der Waals surface area contributed by atoms with E-state index >= 15 is 0 Å². The first-order valence-electron chi connectivity index (χ1n) is 4.54. The van der Waals surface area contributed by atoms with Crippen molar-refractivity contribution in [3.8, 4) is 0 Å². The number of hydrogen-bond acceptors (Lipinski definition) is 0. The van der Waals surface area contributed by atoms with Crippen LogP contribution >= 0.6 is 15.9 Å². The average Bonchev–Trinajstić information content (AvgIpc) is 1.84. The van der Waals surface area contributed by atoms with Crippen LogP contribution in [0, 0.1) is 11.3 Å². The molecule has 0 aliphatic heterocycles. The zero-order valence-electron chi connectivity index (χ0n) is 8.28. The molecule has 0 aromatic carbocycles. The van der Waals surface area contributed by atoms with Gasteiger partial charge in [0.05, 0.1) is 0 Å². The van der Waals surface area contributed by atoms with Crippen molar-refractivity contribution >= 4 is 15.9 Å². The lowest BCUT2D eigenvalue weighted by atomic mass is 9.83. The van der Waals surface area contributed by atoms with Gasteiger partial charge in [0, 0.05) is 5.33 Å². The van der Waals surface area contributed by atoms with Gasteiger partial charge in [-0.25, -0.2) is 0 Å². The fourth-order valence-electron chi connectivity index (χ4n) is 1.06. The van der Waals surface area contributed by atoms with E-state index in [4.69, 9.17) is 0 Å². The van der Waals surface area contributed by atoms with Crippen molar-refractivity contribution in [1.82, 2.24) is 0 Å². The van der Waals surface area contributed by atoms with Crippen LogP contribution in [0.2, 0.25) is 0 Å². The molecular weight excluding hydrogens is 200 g/mol. The zero-order chi connectivity index (χ0) is 8.91. The molecule has 0 heterocycles. The molecule has 0 aromatic rings. The summed E-state index contributed by atoms with van der Waals surface area (Å²) >= 11 is 3.49. The van der Waals surface area contributed by atoms with Crippen LogP contribution in [0.4, 0.5) is 0 Å². The Morgan fingerprint density at radius 3 is 2.09 bits per heavy atom. The van der Waals surface area contributed by atoms with Gasteiger partial charge in [0.2, 0.25) is 0 Å². The van der Waals surface area contributed by atoms with Gasteiger partial charge in [-0.1, -0.05) is 50.0 Å². The molecule has 0 nitrogen and oxygen atoms in total. The Balaban J connectivity index is 3.54. The van der Waals surface area contributed by atoms with Gasteiger partial charge in [-0.3, -0.25) is 0 Å². The number of alkyl halides is 1. The van der Waals surface area contributed by atoms with Crippen molar-refractivity contribution in [2.24, 2.45) is 11.3 Å². The first-order chi connectivity index (χ1) is 4.98. The lowest BCUT2D eigenvalue weighted by Gasteiger charge is -2.24. The average molecular weight is 221 g/mol. The molecule has 0 aromatic heterocycles. The third kappa shape index (κ3) is 6.86. The number of halogens is 1. The van der Waals surface area contributed by atoms with Gasteiger partial charge in [-0.05, 0) is 24.2 Å². The molecule has 0 saturated heterocycles. The lowest BCUT2D eigenvalue weighted by molar-refractivity contribution is 0.296. The molecule has 0 bridgehead atoms. The molecule has 0 aliphatic rings. The summed E-state index contributed by atoms with van der Waals surface area (Å²) in [4.78, 5) is 0. The quantitative estimate of drug-likeness (QED) is 0.609. The predicted octanol–water partition coefficient (Wildman–Crippen LogP) is 4.23. The lowest BCUT2D eigenvalue weighted by Crippen LogP contribution is -2.12. The van der Waals surface area contributed by atoms with E-state index < -0.39 is 0 Å². The van der Waals surface area contributed by atoms with Crippen LogP contribution in [0.1, 0.15) is 47.0 Å². The SMILES string of the molecule is CC(C)CCC(C)(C)CCBr. The van der Waals surface area contributed by atoms with E-state index in [1.807, 2.05) is 0 Å². The van der Waals surface area contributed by atoms with Crippen LogP contribution < -0.4 is 0 Å². The van der Waals surface area contributed by atoms with Gasteiger partial charge in [0.1, 0.15) is 0 Å². The van der Waals surface area contributed by atoms with E-state index in [2.05, 4.69) is 43.6 Å². The first-order valence-corrected chi connectivity index (χ1v) is 5.66. The molecule has 1 heteroatoms. The molecular formula is C10H21Br. The van der Waals surface area contributed by atoms with Crippen LogP contribution in [0.5, 0.6) is 0 Å². The molecule has 11 heavy (non-hydrogen) atoms. The fourth-order valence-corrected chi connectivity index (χ4v) is 2.13. The second-order valence-corrected chi connectivity index (χ2v) is 5.33. The summed E-state index contributed by atoms with van der Waals surface area (Å²) in [6, 6.07) is 0. The summed E-state index contributed by atoms with van der Waals surface area (Å²) in [5.74, 6) is 0.851. The Bertz CT molecular complexity index is 95.0. The van der Waals surface area contributed by atoms with Gasteiger partial charge >= 0.3 is 0 Å². The van der Waals surface area contributed by atoms with Gasteiger partial charge in [0.15, 0.2) is 0 Å². The molecule has 0 radical (unpaired) electrons. The van der Waals surface area contributed by atoms with E-state index in [0.29, 0.717) is 5.41 Å². The van der Waals surface area contributed by atoms with E-state index in [1.165, 1.54) is 19.3 Å². The Hall–Kier alpha value is 0.480. The summed E-state index contributed by atoms with van der Waals surface area (Å²) in [6.07, 6.45) is 4.01. The number of rotatable bonds is 5. The Kier molecular flexibility index (Phi) is 5.41. The second kappa shape index (κ2) is 5.18. The molecule has 0 fully saturated rings. The summed E-state index contributed by atoms with van der Waals surface area (Å²) in [6.45, 7) is 9.31. The van der Waals surface area contributed by atoms with Crippen LogP contribution in [0.3, 0.4) is 0 Å². The van der Waals surface area contributed by atoms with Gasteiger partial charge in [-0.2, -0.15) is 0 Å². The Labute approximate surface area is 79.9 Å². The van der Waals surface area contributed by atoms with Crippen molar-refractivity contribution in [3.63, 3.8) is 0 Å². The van der Waals surface area contributed by atoms with Crippen LogP contribution in [0.25, 0.3) is 0 Å². The van der Waals surface area contributed by atoms with E-state index in [1.54, 1.807) is 0 Å². The van der Waals surface area contributed by atoms with Crippen LogP contribution in [-0.4, -0.2) is 5.33 Å². The minimum Gasteiger partial charge on any atom is -0.0928 e. The third-order valence-electron chi connectivity index (χ3n) is 2.17. The molecule has 0 amide bonds. The predicted molar refractivity (Wildman–Crippen MR) is 56.3 cm³/mol. The molecule has 0 aliphatic carbocycles. The molecule has 0 N–H and O–H groups in total. The molecule has 0 rings (SSSR count). The van der Waals surface area contributed by atoms with Crippen molar-refractivity contribution < 1.29 is 0 Å². The van der Waals surface area contributed by atoms with Crippen molar-refractivity contribution in [2.75, 3.05) is 5.33 Å². The highest BCUT2D eigenvalue weighted by molar-refractivity contribution is 9.09. The van der Waals surface area contributed by atoms with E-state index in [9.17, 15) is 0 Å². The zero-order valence-corrected chi connectivity index (χ0v) is 9.87. The Morgan fingerprint density at radius 1 is 1.18 bits per heavy atom. The van der Waals surface area contributed by atoms with Crippen molar-refractivity contribution in [1.29, 1.82) is 0 Å². The number of hydrogen-bond donors (Lipinski definition) is 0. The van der Waals surface area contributed by atoms with E-state index in [0.717, 1.165) is 11.2 Å². The maximum Gasteiger partial charge on any atom is 0.00363 e. The largest absolute Gasteiger partial charge is 0.0928 e. The van der Waals surface area contributed by atoms with Gasteiger partial charge in [0.25, 0.3) is 0 Å². The Morgan fingerprint density at radius 2 is 1.73 bits per heavy atom. The van der Waals surface area contributed by atoms with Gasteiger partial charge < -0.3 is 0 Å². The maximum absolute atomic E-state index is 3.49. The molecule has 0 spiro atoms. The summed E-state index contributed by atoms with van der Waals surface area (Å²) < 4.78 is 0. The maximum atomic E-state index is 3.49. The second-order valence-electron chi connectivity index (χ2n) is 4.54. The minimum absolute atomic E-state index is 0.535. The minimum atomic E-state index is 0.535. The van der Waals surface area contributed by atoms with Crippen molar-refractivity contribution in [3.05, 3.63) is 0 Å². The fraction of sp³-hybridized carbons (Fsp3) is 1.00. The smallest absolute Gasteiger partial charge is 0.00363 e. The summed E-state index contributed by atoms with van der Waals surface area (Å²) in [7, 11) is 0. The van der Waals surface area contributed by atoms with Crippen LogP contribution in [0.15, 0.2) is 0 Å². The highest BCUT2D eigenvalue weighted by atomic mass is 79.9. The molecule has 0 atom stereocenters. The van der Waals surface area contributed by atoms with E-state index in [-0.39, 0.29) is 0 Å². The summed E-state index contributed by atoms with van der Waals surface area (Å²) in [5, 5.41) is 1.14. The molecule has 0 unspecified atom stereocenters.